The summed E-state index contributed by atoms with van der Waals surface area (Å²) in [6.07, 6.45) is -3.66. The van der Waals surface area contributed by atoms with Crippen LogP contribution >= 0.6 is 0 Å². The van der Waals surface area contributed by atoms with Crippen molar-refractivity contribution in [3.8, 4) is 17.0 Å². The van der Waals surface area contributed by atoms with Crippen molar-refractivity contribution in [1.29, 1.82) is 0 Å². The molecule has 0 aliphatic carbocycles. The van der Waals surface area contributed by atoms with Gasteiger partial charge in [-0.2, -0.15) is 18.2 Å². The second-order valence-corrected chi connectivity index (χ2v) is 8.25. The van der Waals surface area contributed by atoms with Crippen molar-refractivity contribution in [3.05, 3.63) is 30.5 Å². The maximum absolute atomic E-state index is 14.6. The van der Waals surface area contributed by atoms with Crippen LogP contribution in [0, 0.1) is 0 Å². The quantitative estimate of drug-likeness (QED) is 0.439. The van der Waals surface area contributed by atoms with Crippen molar-refractivity contribution in [2.75, 3.05) is 32.5 Å². The van der Waals surface area contributed by atoms with E-state index < -0.39 is 32.0 Å². The normalized spacial score (nSPS) is 21.4. The molecule has 1 saturated heterocycles. The first-order valence-corrected chi connectivity index (χ1v) is 10.4. The number of likely N-dealkylation sites (tertiary alicyclic amines) is 1. The fourth-order valence-corrected chi connectivity index (χ4v) is 4.16. The van der Waals surface area contributed by atoms with E-state index >= 15 is 0 Å². The summed E-state index contributed by atoms with van der Waals surface area (Å²) in [6, 6.07) is 5.62. The summed E-state index contributed by atoms with van der Waals surface area (Å²) < 4.78 is 83.5. The van der Waals surface area contributed by atoms with Crippen LogP contribution < -0.4 is 10.1 Å². The molecule has 1 aliphatic rings. The molecule has 9 nitrogen and oxygen atoms in total. The monoisotopic (exact) mass is 481 g/mol. The number of ether oxygens (including phenoxy) is 1. The topological polar surface area (TPSA) is 85.4 Å². The van der Waals surface area contributed by atoms with Gasteiger partial charge in [-0.15, -0.1) is 10.2 Å². The van der Waals surface area contributed by atoms with E-state index in [0.717, 1.165) is 4.68 Å². The Kier molecular flexibility index (Phi) is 4.66. The van der Waals surface area contributed by atoms with E-state index in [1.165, 1.54) is 22.8 Å². The lowest BCUT2D eigenvalue weighted by atomic mass is 10.0. The largest absolute Gasteiger partial charge is 0.479 e. The first-order chi connectivity index (χ1) is 17.4. The van der Waals surface area contributed by atoms with E-state index in [1.807, 2.05) is 11.9 Å². The maximum Gasteiger partial charge on any atom is 0.408 e. The van der Waals surface area contributed by atoms with E-state index in [9.17, 15) is 17.6 Å². The summed E-state index contributed by atoms with van der Waals surface area (Å²) in [5, 5.41) is 14.6. The van der Waals surface area contributed by atoms with Crippen molar-refractivity contribution in [2.24, 2.45) is 0 Å². The van der Waals surface area contributed by atoms with Crippen LogP contribution in [0.3, 0.4) is 0 Å². The number of alkyl halides is 4. The number of aromatic nitrogens is 6. The fraction of sp³-hybridized carbons (Fsp3) is 0.429. The van der Waals surface area contributed by atoms with Gasteiger partial charge in [-0.25, -0.2) is 13.6 Å². The summed E-state index contributed by atoms with van der Waals surface area (Å²) in [5.41, 5.74) is 1.44. The highest BCUT2D eigenvalue weighted by Crippen LogP contribution is 2.33. The number of nitrogens with zero attached hydrogens (tertiary/aromatic N) is 7. The fourth-order valence-electron chi connectivity index (χ4n) is 4.16. The minimum Gasteiger partial charge on any atom is -0.479 e. The van der Waals surface area contributed by atoms with Crippen molar-refractivity contribution < 1.29 is 26.4 Å². The molecule has 13 heteroatoms. The Balaban J connectivity index is 1.57. The molecule has 0 amide bonds. The number of benzene rings is 1. The van der Waals surface area contributed by atoms with Gasteiger partial charge in [-0.3, -0.25) is 0 Å². The molecule has 34 heavy (non-hydrogen) atoms. The number of hydrogen-bond acceptors (Lipinski definition) is 7. The van der Waals surface area contributed by atoms with E-state index in [1.54, 1.807) is 12.1 Å². The lowest BCUT2D eigenvalue weighted by Crippen LogP contribution is -2.46. The summed E-state index contributed by atoms with van der Waals surface area (Å²) in [5.74, 6) is -0.308. The number of anilines is 1. The molecule has 0 spiro atoms. The smallest absolute Gasteiger partial charge is 0.408 e. The number of methoxy groups -OCH3 is 1. The van der Waals surface area contributed by atoms with Gasteiger partial charge in [0.1, 0.15) is 23.7 Å². The Morgan fingerprint density at radius 3 is 2.91 bits per heavy atom. The van der Waals surface area contributed by atoms with E-state index in [-0.39, 0.29) is 34.9 Å². The average Bonchev–Trinajstić information content (AvgIpc) is 3.38. The molecule has 4 aromatic rings. The van der Waals surface area contributed by atoms with Gasteiger partial charge in [0.15, 0.2) is 0 Å². The molecule has 0 unspecified atom stereocenters. The van der Waals surface area contributed by atoms with Gasteiger partial charge in [0.2, 0.25) is 11.8 Å². The zero-order chi connectivity index (χ0) is 26.5. The molecule has 1 aromatic carbocycles. The van der Waals surface area contributed by atoms with Gasteiger partial charge in [0.25, 0.3) is 0 Å². The first kappa shape index (κ1) is 18.9. The molecule has 1 fully saturated rings. The third kappa shape index (κ3) is 4.22. The molecule has 1 N–H and O–H groups in total. The summed E-state index contributed by atoms with van der Waals surface area (Å²) in [7, 11) is -1.04. The predicted molar refractivity (Wildman–Crippen MR) is 117 cm³/mol. The van der Waals surface area contributed by atoms with Gasteiger partial charge < -0.3 is 15.0 Å². The first-order valence-electron chi connectivity index (χ1n) is 11.9. The van der Waals surface area contributed by atoms with Gasteiger partial charge in [-0.1, -0.05) is 11.3 Å². The Hall–Kier alpha value is -3.48. The predicted octanol–water partition coefficient (Wildman–Crippen LogP) is 3.17. The Morgan fingerprint density at radius 1 is 1.29 bits per heavy atom. The molecular weight excluding hydrogens is 456 g/mol. The van der Waals surface area contributed by atoms with Gasteiger partial charge in [0.05, 0.1) is 22.7 Å². The highest BCUT2D eigenvalue weighted by Gasteiger charge is 2.30. The lowest BCUT2D eigenvalue weighted by Gasteiger charge is -2.32. The standard InChI is InChI=1S/C21H22F4N8O/c1-31-7-6-15(14(22)10-31)26-20-27-19(34-2)18-13(5-8-32(18)29-20)12-3-4-16-17(9-12)33(30-28-16)11-21(23,24)25/h3-5,8-9,14-15H,6-7,10-11H2,1-2H3,(H,26,29)/t14-,15+/m1/s1/i2D3. The highest BCUT2D eigenvalue weighted by atomic mass is 19.4. The van der Waals surface area contributed by atoms with E-state index in [0.29, 0.717) is 24.1 Å². The Bertz CT molecular complexity index is 1440. The van der Waals surface area contributed by atoms with Crippen LogP contribution in [0.2, 0.25) is 0 Å². The van der Waals surface area contributed by atoms with Gasteiger partial charge >= 0.3 is 6.18 Å². The Morgan fingerprint density at radius 2 is 2.15 bits per heavy atom. The average molecular weight is 481 g/mol. The molecule has 2 atom stereocenters. The molecule has 0 radical (unpaired) electrons. The maximum atomic E-state index is 14.6. The summed E-state index contributed by atoms with van der Waals surface area (Å²) in [4.78, 5) is 6.09. The molecule has 0 bridgehead atoms. The molecule has 5 rings (SSSR count). The second kappa shape index (κ2) is 8.38. The number of hydrogen-bond donors (Lipinski definition) is 1. The zero-order valence-electron chi connectivity index (χ0n) is 20.9. The van der Waals surface area contributed by atoms with Crippen molar-refractivity contribution in [3.63, 3.8) is 0 Å². The zero-order valence-corrected chi connectivity index (χ0v) is 17.9. The minimum absolute atomic E-state index is 0.0194. The molecule has 0 saturated carbocycles. The lowest BCUT2D eigenvalue weighted by molar-refractivity contribution is -0.142. The number of rotatable bonds is 5. The molecular formula is C21H22F4N8O. The van der Waals surface area contributed by atoms with Gasteiger partial charge in [0, 0.05) is 24.8 Å². The number of fused-ring (bicyclic) bond motifs is 2. The SMILES string of the molecule is [2H]C([2H])([2H])Oc1nc(N[C@H]2CCN(C)C[C@H]2F)nn2ccc(-c3ccc4nnn(CC(F)(F)F)c4c3)c12. The number of piperidine rings is 1. The van der Waals surface area contributed by atoms with Crippen molar-refractivity contribution in [1.82, 2.24) is 34.5 Å². The molecule has 4 heterocycles. The second-order valence-electron chi connectivity index (χ2n) is 8.25. The van der Waals surface area contributed by atoms with E-state index in [4.69, 9.17) is 8.85 Å². The summed E-state index contributed by atoms with van der Waals surface area (Å²) in [6.45, 7) is -0.426. The summed E-state index contributed by atoms with van der Waals surface area (Å²) >= 11 is 0. The number of nitrogens with one attached hydrogen (secondary N) is 1. The minimum atomic E-state index is -4.50. The third-order valence-electron chi connectivity index (χ3n) is 5.79. The van der Waals surface area contributed by atoms with Crippen molar-refractivity contribution >= 4 is 22.5 Å². The van der Waals surface area contributed by atoms with Crippen LogP contribution in [0.5, 0.6) is 5.88 Å². The van der Waals surface area contributed by atoms with Crippen LogP contribution in [0.25, 0.3) is 27.7 Å². The van der Waals surface area contributed by atoms with Crippen LogP contribution in [-0.2, 0) is 6.54 Å². The molecule has 1 aliphatic heterocycles. The Labute approximate surface area is 195 Å². The molecule has 180 valence electrons. The van der Waals surface area contributed by atoms with Gasteiger partial charge in [-0.05, 0) is 37.2 Å². The van der Waals surface area contributed by atoms with Crippen LogP contribution in [-0.4, -0.2) is 80.1 Å². The number of halogens is 4. The highest BCUT2D eigenvalue weighted by molar-refractivity contribution is 5.89. The van der Waals surface area contributed by atoms with E-state index in [2.05, 4.69) is 25.7 Å². The molecule has 3 aromatic heterocycles. The van der Waals surface area contributed by atoms with Crippen LogP contribution in [0.4, 0.5) is 23.5 Å². The van der Waals surface area contributed by atoms with Crippen molar-refractivity contribution in [2.45, 2.75) is 31.4 Å². The van der Waals surface area contributed by atoms with Crippen LogP contribution in [0.1, 0.15) is 10.5 Å². The van der Waals surface area contributed by atoms with Crippen LogP contribution in [0.15, 0.2) is 30.5 Å². The third-order valence-corrected chi connectivity index (χ3v) is 5.79.